The molecule has 0 amide bonds. The molecule has 4 aromatic carbocycles. The van der Waals surface area contributed by atoms with Crippen molar-refractivity contribution in [3.05, 3.63) is 84.4 Å². The van der Waals surface area contributed by atoms with Gasteiger partial charge in [-0.05, 0) is 66.4 Å². The molecule has 0 fully saturated rings. The largest absolute Gasteiger partial charge is 0.506 e. The number of azo groups is 2. The third kappa shape index (κ3) is 4.69. The number of phenolic OH excluding ortho intramolecular Hbond substituents is 1. The van der Waals surface area contributed by atoms with Crippen LogP contribution in [0.1, 0.15) is 5.56 Å². The molecule has 0 heterocycles. The number of fused-ring (bicyclic) bond motifs is 1. The fourth-order valence-corrected chi connectivity index (χ4v) is 3.96. The van der Waals surface area contributed by atoms with Crippen LogP contribution in [0.4, 0.5) is 22.7 Å². The zero-order chi connectivity index (χ0) is 22.7. The van der Waals surface area contributed by atoms with Gasteiger partial charge in [0.05, 0.1) is 17.1 Å². The number of hydrogen-bond donors (Lipinski definition) is 2. The van der Waals surface area contributed by atoms with Gasteiger partial charge in [0, 0.05) is 5.39 Å². The Morgan fingerprint density at radius 2 is 1.28 bits per heavy atom. The molecule has 0 saturated heterocycles. The number of aryl methyl sites for hydroxylation is 1. The van der Waals surface area contributed by atoms with Crippen LogP contribution in [0.15, 0.2) is 104 Å². The second-order valence-corrected chi connectivity index (χ2v) is 8.41. The Bertz CT molecular complexity index is 1450. The lowest BCUT2D eigenvalue weighted by Crippen LogP contribution is -2.00. The van der Waals surface area contributed by atoms with Gasteiger partial charge in [0.2, 0.25) is 0 Å². The highest BCUT2D eigenvalue weighted by Gasteiger charge is 2.20. The van der Waals surface area contributed by atoms with Gasteiger partial charge in [0.25, 0.3) is 10.1 Å². The van der Waals surface area contributed by atoms with Crippen LogP contribution in [-0.2, 0) is 10.1 Å². The first-order chi connectivity index (χ1) is 15.3. The number of nitrogens with zero attached hydrogens (tertiary/aromatic N) is 4. The number of rotatable bonds is 5. The summed E-state index contributed by atoms with van der Waals surface area (Å²) in [5.41, 5.74) is 2.39. The van der Waals surface area contributed by atoms with Crippen LogP contribution in [0.2, 0.25) is 0 Å². The van der Waals surface area contributed by atoms with Gasteiger partial charge in [-0.15, -0.1) is 5.11 Å². The van der Waals surface area contributed by atoms with Crippen molar-refractivity contribution < 1.29 is 18.1 Å². The lowest BCUT2D eigenvalue weighted by molar-refractivity contribution is 0.477. The molecule has 0 radical (unpaired) electrons. The Kier molecular flexibility index (Phi) is 5.76. The van der Waals surface area contributed by atoms with Crippen LogP contribution in [0.25, 0.3) is 10.8 Å². The van der Waals surface area contributed by atoms with E-state index in [0.717, 1.165) is 5.69 Å². The highest BCUT2D eigenvalue weighted by molar-refractivity contribution is 7.86. The topological polar surface area (TPSA) is 124 Å². The minimum Gasteiger partial charge on any atom is -0.506 e. The van der Waals surface area contributed by atoms with E-state index in [-0.39, 0.29) is 21.7 Å². The van der Waals surface area contributed by atoms with Crippen LogP contribution in [-0.4, -0.2) is 18.1 Å². The van der Waals surface area contributed by atoms with Crippen molar-refractivity contribution >= 4 is 43.6 Å². The van der Waals surface area contributed by atoms with Crippen molar-refractivity contribution in [3.8, 4) is 5.75 Å². The molecule has 0 aliphatic carbocycles. The number of benzene rings is 4. The Hall–Kier alpha value is -3.95. The summed E-state index contributed by atoms with van der Waals surface area (Å²) in [5.74, 6) is -0.261. The monoisotopic (exact) mass is 446 g/mol. The Morgan fingerprint density at radius 1 is 0.719 bits per heavy atom. The summed E-state index contributed by atoms with van der Waals surface area (Å²) in [5, 5.41) is 27.4. The highest BCUT2D eigenvalue weighted by atomic mass is 32.2. The average molecular weight is 446 g/mol. The summed E-state index contributed by atoms with van der Waals surface area (Å²) in [6.45, 7) is 1.71. The van der Waals surface area contributed by atoms with Gasteiger partial charge in [0.15, 0.2) is 0 Å². The zero-order valence-corrected chi connectivity index (χ0v) is 17.7. The molecular weight excluding hydrogens is 428 g/mol. The van der Waals surface area contributed by atoms with E-state index >= 15 is 0 Å². The molecular formula is C23H18N4O4S. The third-order valence-corrected chi connectivity index (χ3v) is 5.49. The molecule has 9 heteroatoms. The fraction of sp³-hybridized carbons (Fsp3) is 0.0435. The van der Waals surface area contributed by atoms with E-state index < -0.39 is 10.1 Å². The predicted octanol–water partition coefficient (Wildman–Crippen LogP) is 6.93. The molecule has 0 spiro atoms. The third-order valence-electron chi connectivity index (χ3n) is 4.61. The minimum atomic E-state index is -4.54. The lowest BCUT2D eigenvalue weighted by atomic mass is 10.1. The predicted molar refractivity (Wildman–Crippen MR) is 121 cm³/mol. The van der Waals surface area contributed by atoms with Crippen LogP contribution < -0.4 is 0 Å². The van der Waals surface area contributed by atoms with E-state index in [1.807, 2.05) is 30.3 Å². The molecule has 160 valence electrons. The molecule has 0 bridgehead atoms. The van der Waals surface area contributed by atoms with E-state index in [9.17, 15) is 18.1 Å². The summed E-state index contributed by atoms with van der Waals surface area (Å²) >= 11 is 0. The quantitative estimate of drug-likeness (QED) is 0.255. The first-order valence-electron chi connectivity index (χ1n) is 9.54. The van der Waals surface area contributed by atoms with E-state index in [4.69, 9.17) is 0 Å². The van der Waals surface area contributed by atoms with Crippen molar-refractivity contribution in [1.29, 1.82) is 0 Å². The van der Waals surface area contributed by atoms with Gasteiger partial charge < -0.3 is 5.11 Å². The summed E-state index contributed by atoms with van der Waals surface area (Å²) < 4.78 is 33.5. The van der Waals surface area contributed by atoms with Crippen LogP contribution >= 0.6 is 0 Å². The minimum absolute atomic E-state index is 0.0528. The Labute approximate surface area is 184 Å². The Balaban J connectivity index is 1.68. The van der Waals surface area contributed by atoms with Crippen LogP contribution in [0.5, 0.6) is 5.75 Å². The molecule has 2 N–H and O–H groups in total. The summed E-state index contributed by atoms with van der Waals surface area (Å²) in [6.07, 6.45) is 0. The van der Waals surface area contributed by atoms with E-state index in [0.29, 0.717) is 22.3 Å². The maximum Gasteiger partial charge on any atom is 0.295 e. The van der Waals surface area contributed by atoms with Crippen LogP contribution in [0, 0.1) is 6.92 Å². The molecule has 0 aromatic heterocycles. The van der Waals surface area contributed by atoms with E-state index in [1.54, 1.807) is 43.3 Å². The molecule has 0 aliphatic rings. The molecule has 4 aromatic rings. The zero-order valence-electron chi connectivity index (χ0n) is 16.9. The molecule has 0 unspecified atom stereocenters. The van der Waals surface area contributed by atoms with Crippen LogP contribution in [0.3, 0.4) is 0 Å². The average Bonchev–Trinajstić information content (AvgIpc) is 2.77. The first kappa shape index (κ1) is 21.3. The maximum atomic E-state index is 11.9. The van der Waals surface area contributed by atoms with E-state index in [1.165, 1.54) is 12.1 Å². The van der Waals surface area contributed by atoms with Gasteiger partial charge in [-0.1, -0.05) is 30.3 Å². The van der Waals surface area contributed by atoms with Crippen molar-refractivity contribution in [2.75, 3.05) is 0 Å². The van der Waals surface area contributed by atoms with Gasteiger partial charge in [-0.25, -0.2) is 0 Å². The summed E-state index contributed by atoms with van der Waals surface area (Å²) in [7, 11) is -4.54. The van der Waals surface area contributed by atoms with Gasteiger partial charge >= 0.3 is 0 Å². The van der Waals surface area contributed by atoms with E-state index in [2.05, 4.69) is 20.5 Å². The second-order valence-electron chi connectivity index (χ2n) is 7.02. The summed E-state index contributed by atoms with van der Waals surface area (Å²) in [6, 6.07) is 22.1. The lowest BCUT2D eigenvalue weighted by Gasteiger charge is -2.09. The smallest absolute Gasteiger partial charge is 0.295 e. The van der Waals surface area contributed by atoms with Gasteiger partial charge in [0.1, 0.15) is 16.3 Å². The van der Waals surface area contributed by atoms with Crippen molar-refractivity contribution in [2.24, 2.45) is 20.5 Å². The number of aromatic hydroxyl groups is 1. The first-order valence-corrected chi connectivity index (χ1v) is 11.0. The fourth-order valence-electron chi connectivity index (χ4n) is 3.15. The second kappa shape index (κ2) is 8.66. The maximum absolute atomic E-state index is 11.9. The number of phenols is 1. The van der Waals surface area contributed by atoms with Crippen molar-refractivity contribution in [1.82, 2.24) is 0 Å². The van der Waals surface area contributed by atoms with Crippen molar-refractivity contribution in [2.45, 2.75) is 11.8 Å². The number of hydrogen-bond acceptors (Lipinski definition) is 7. The molecule has 8 nitrogen and oxygen atoms in total. The van der Waals surface area contributed by atoms with Gasteiger partial charge in [-0.3, -0.25) is 4.55 Å². The molecule has 0 saturated carbocycles. The normalized spacial score (nSPS) is 12.2. The highest BCUT2D eigenvalue weighted by Crippen LogP contribution is 2.40. The Morgan fingerprint density at radius 3 is 1.88 bits per heavy atom. The molecule has 4 rings (SSSR count). The van der Waals surface area contributed by atoms with Crippen molar-refractivity contribution in [3.63, 3.8) is 0 Å². The molecule has 32 heavy (non-hydrogen) atoms. The molecule has 0 atom stereocenters. The SMILES string of the molecule is Cc1cc(S(=O)(=O)O)c2c(/N=N/c3ccc(/N=N/c4ccccc4)cc3)c(O)ccc2c1. The molecule has 0 aliphatic heterocycles. The standard InChI is InChI=1S/C23H18N4O4S/c1-15-13-16-7-12-20(28)23(22(16)21(14-15)32(29,30)31)27-26-19-10-8-18(9-11-19)25-24-17-5-3-2-4-6-17/h2-14,28H,1H3,(H,29,30,31)/b25-24+,27-26+. The summed E-state index contributed by atoms with van der Waals surface area (Å²) in [4.78, 5) is -0.339. The van der Waals surface area contributed by atoms with Gasteiger partial charge in [-0.2, -0.15) is 23.8 Å².